The van der Waals surface area contributed by atoms with E-state index in [9.17, 15) is 0 Å². The third-order valence-corrected chi connectivity index (χ3v) is 10.9. The van der Waals surface area contributed by atoms with Crippen LogP contribution in [-0.4, -0.2) is 74.2 Å². The number of carbonyl (C=O) groups excluding carboxylic acids is 1. The fourth-order valence-electron chi connectivity index (χ4n) is 8.24. The van der Waals surface area contributed by atoms with Crippen LogP contribution in [-0.2, 0) is 9.47 Å². The molecule has 4 aliphatic rings. The van der Waals surface area contributed by atoms with Gasteiger partial charge in [0.15, 0.2) is 0 Å². The number of allylic oxidation sites excluding steroid dienone is 1. The number of hydrogen-bond acceptors (Lipinski definition) is 7. The molecular weight excluding hydrogens is 647 g/mol. The molecule has 2 atom stereocenters. The van der Waals surface area contributed by atoms with Crippen LogP contribution in [0.25, 0.3) is 28.2 Å². The normalized spacial score (nSPS) is 21.3. The van der Waals surface area contributed by atoms with Crippen molar-refractivity contribution in [1.29, 1.82) is 0 Å². The Morgan fingerprint density at radius 2 is 1.37 bits per heavy atom. The van der Waals surface area contributed by atoms with E-state index in [2.05, 4.69) is 64.4 Å². The third kappa shape index (κ3) is 6.37. The van der Waals surface area contributed by atoms with Gasteiger partial charge in [0, 0.05) is 54.4 Å². The molecule has 1 aliphatic carbocycles. The fraction of sp³-hybridized carbons (Fsp3) is 0.295. The quantitative estimate of drug-likeness (QED) is 0.180. The number of anilines is 2. The molecule has 5 aromatic rings. The Labute approximate surface area is 305 Å². The molecule has 0 N–H and O–H groups in total. The summed E-state index contributed by atoms with van der Waals surface area (Å²) in [5, 5.41) is 7.92. The maximum Gasteiger partial charge on any atom is 0.275 e. The van der Waals surface area contributed by atoms with Crippen LogP contribution >= 0.6 is 0 Å². The van der Waals surface area contributed by atoms with Crippen LogP contribution in [0.4, 0.5) is 11.4 Å². The molecule has 1 amide bonds. The van der Waals surface area contributed by atoms with Gasteiger partial charge in [-0.05, 0) is 78.4 Å². The number of pyridine rings is 1. The monoisotopic (exact) mass is 689 g/mol. The number of para-hydroxylation sites is 1. The summed E-state index contributed by atoms with van der Waals surface area (Å²) in [5.41, 5.74) is 10.1. The first-order chi connectivity index (χ1) is 25.7. The molecule has 8 heteroatoms. The Balaban J connectivity index is 1.11. The molecule has 0 radical (unpaired) electrons. The van der Waals surface area contributed by atoms with E-state index in [0.717, 1.165) is 111 Å². The molecular formula is C44H43N5O3. The average Bonchev–Trinajstić information content (AvgIpc) is 3.62. The lowest BCUT2D eigenvalue weighted by molar-refractivity contribution is 0.0683. The first-order valence-electron chi connectivity index (χ1n) is 18.6. The van der Waals surface area contributed by atoms with Crippen molar-refractivity contribution in [2.75, 3.05) is 62.4 Å². The van der Waals surface area contributed by atoms with E-state index in [4.69, 9.17) is 19.6 Å². The number of fused-ring (bicyclic) bond motifs is 2. The molecule has 1 aromatic heterocycles. The number of ether oxygens (including phenoxy) is 2. The zero-order valence-corrected chi connectivity index (χ0v) is 29.4. The minimum atomic E-state index is -0.222. The first-order valence-corrected chi connectivity index (χ1v) is 18.6. The third-order valence-electron chi connectivity index (χ3n) is 10.9. The van der Waals surface area contributed by atoms with Crippen molar-refractivity contribution in [3.63, 3.8) is 0 Å². The molecule has 3 fully saturated rings. The molecule has 0 bridgehead atoms. The van der Waals surface area contributed by atoms with Crippen molar-refractivity contribution in [2.24, 2.45) is 11.0 Å². The van der Waals surface area contributed by atoms with Crippen molar-refractivity contribution in [2.45, 2.75) is 25.3 Å². The molecule has 0 spiro atoms. The van der Waals surface area contributed by atoms with Crippen LogP contribution in [0.1, 0.15) is 46.8 Å². The molecule has 1 saturated carbocycles. The SMILES string of the molecule is O=C(c1cc(-c2ccccc2)nc2ccccc12)N1N=C2/C(=C/c3ccc(N4CCOCC4)cc3)CCC[C@H]2[C@@H]1c1ccc(N2CCOCC2)cc1. The predicted molar refractivity (Wildman–Crippen MR) is 208 cm³/mol. The van der Waals surface area contributed by atoms with Crippen molar-refractivity contribution in [3.8, 4) is 11.3 Å². The second-order valence-electron chi connectivity index (χ2n) is 14.1. The second kappa shape index (κ2) is 14.4. The van der Waals surface area contributed by atoms with Gasteiger partial charge in [0.25, 0.3) is 5.91 Å². The summed E-state index contributed by atoms with van der Waals surface area (Å²) in [6.07, 6.45) is 5.23. The number of carbonyl (C=O) groups is 1. The largest absolute Gasteiger partial charge is 0.378 e. The lowest BCUT2D eigenvalue weighted by Gasteiger charge is -2.31. The molecule has 262 valence electrons. The summed E-state index contributed by atoms with van der Waals surface area (Å²) in [4.78, 5) is 24.8. The lowest BCUT2D eigenvalue weighted by Crippen LogP contribution is -2.36. The van der Waals surface area contributed by atoms with Crippen LogP contribution in [0.5, 0.6) is 0 Å². The molecule has 8 nitrogen and oxygen atoms in total. The zero-order valence-electron chi connectivity index (χ0n) is 29.4. The van der Waals surface area contributed by atoms with Crippen molar-refractivity contribution >= 4 is 40.0 Å². The highest BCUT2D eigenvalue weighted by Gasteiger charge is 2.44. The minimum Gasteiger partial charge on any atom is -0.378 e. The van der Waals surface area contributed by atoms with E-state index in [1.807, 2.05) is 60.7 Å². The fourth-order valence-corrected chi connectivity index (χ4v) is 8.24. The number of nitrogens with zero attached hydrogens (tertiary/aromatic N) is 5. The number of morpholine rings is 2. The molecule has 2 saturated heterocycles. The highest BCUT2D eigenvalue weighted by molar-refractivity contribution is 6.12. The maximum atomic E-state index is 15.1. The summed E-state index contributed by atoms with van der Waals surface area (Å²) in [5.74, 6) is -0.0124. The molecule has 4 aromatic carbocycles. The van der Waals surface area contributed by atoms with E-state index in [-0.39, 0.29) is 17.9 Å². The smallest absolute Gasteiger partial charge is 0.275 e. The van der Waals surface area contributed by atoms with Crippen LogP contribution in [0.2, 0.25) is 0 Å². The van der Waals surface area contributed by atoms with Crippen molar-refractivity contribution < 1.29 is 14.3 Å². The number of aromatic nitrogens is 1. The Bertz CT molecular complexity index is 2120. The number of amides is 1. The van der Waals surface area contributed by atoms with Crippen molar-refractivity contribution in [1.82, 2.24) is 9.99 Å². The standard InChI is InChI=1S/C44H43N5O3/c50-44(39-30-41(32-7-2-1-3-8-32)45-40-12-5-4-10-37(39)40)49-43(33-15-19-36(20-16-33)48-23-27-52-28-24-48)38-11-6-9-34(42(38)46-49)29-31-13-17-35(18-14-31)47-21-25-51-26-22-47/h1-5,7-8,10,12-20,29-30,38,43H,6,9,11,21-28H2/b34-29+/t38-,43+/m1/s1. The maximum absolute atomic E-state index is 15.1. The highest BCUT2D eigenvalue weighted by Crippen LogP contribution is 2.46. The van der Waals surface area contributed by atoms with Crippen LogP contribution in [0, 0.1) is 5.92 Å². The van der Waals surface area contributed by atoms with Gasteiger partial charge in [-0.3, -0.25) is 4.79 Å². The number of hydrogen-bond donors (Lipinski definition) is 0. The lowest BCUT2D eigenvalue weighted by atomic mass is 9.77. The van der Waals surface area contributed by atoms with Gasteiger partial charge < -0.3 is 19.3 Å². The second-order valence-corrected chi connectivity index (χ2v) is 14.1. The summed E-state index contributed by atoms with van der Waals surface area (Å²) in [7, 11) is 0. The van der Waals surface area contributed by atoms with E-state index < -0.39 is 0 Å². The molecule has 3 aliphatic heterocycles. The van der Waals surface area contributed by atoms with Crippen LogP contribution in [0.15, 0.2) is 120 Å². The zero-order chi connectivity index (χ0) is 34.9. The van der Waals surface area contributed by atoms with Gasteiger partial charge in [0.05, 0.1) is 55.0 Å². The number of benzene rings is 4. The first kappa shape index (κ1) is 32.6. The van der Waals surface area contributed by atoms with Crippen molar-refractivity contribution in [3.05, 3.63) is 131 Å². The Kier molecular flexibility index (Phi) is 9.00. The minimum absolute atomic E-state index is 0.0903. The Morgan fingerprint density at radius 3 is 2.06 bits per heavy atom. The summed E-state index contributed by atoms with van der Waals surface area (Å²) < 4.78 is 11.2. The van der Waals surface area contributed by atoms with Gasteiger partial charge in [0.2, 0.25) is 0 Å². The average molecular weight is 690 g/mol. The van der Waals surface area contributed by atoms with Gasteiger partial charge in [0.1, 0.15) is 0 Å². The van der Waals surface area contributed by atoms with Crippen LogP contribution < -0.4 is 9.80 Å². The topological polar surface area (TPSA) is 70.5 Å². The Hall–Kier alpha value is -5.31. The van der Waals surface area contributed by atoms with E-state index in [0.29, 0.717) is 5.56 Å². The highest BCUT2D eigenvalue weighted by atomic mass is 16.5. The molecule has 4 heterocycles. The Morgan fingerprint density at radius 1 is 0.731 bits per heavy atom. The molecule has 52 heavy (non-hydrogen) atoms. The van der Waals surface area contributed by atoms with Crippen LogP contribution in [0.3, 0.4) is 0 Å². The van der Waals surface area contributed by atoms with Gasteiger partial charge in [-0.15, -0.1) is 0 Å². The van der Waals surface area contributed by atoms with Gasteiger partial charge in [-0.1, -0.05) is 72.8 Å². The van der Waals surface area contributed by atoms with Gasteiger partial charge >= 0.3 is 0 Å². The summed E-state index contributed by atoms with van der Waals surface area (Å²) >= 11 is 0. The number of hydrazone groups is 1. The number of rotatable bonds is 6. The molecule has 9 rings (SSSR count). The van der Waals surface area contributed by atoms with E-state index >= 15 is 4.79 Å². The predicted octanol–water partition coefficient (Wildman–Crippen LogP) is 8.01. The van der Waals surface area contributed by atoms with Gasteiger partial charge in [-0.25, -0.2) is 9.99 Å². The summed E-state index contributed by atoms with van der Waals surface area (Å²) in [6.45, 7) is 6.59. The van der Waals surface area contributed by atoms with E-state index in [1.54, 1.807) is 5.01 Å². The van der Waals surface area contributed by atoms with E-state index in [1.165, 1.54) is 16.9 Å². The van der Waals surface area contributed by atoms with Gasteiger partial charge in [-0.2, -0.15) is 5.10 Å². The summed E-state index contributed by atoms with van der Waals surface area (Å²) in [6, 6.07) is 37.4. The molecule has 0 unspecified atom stereocenters.